The minimum atomic E-state index is -0.370. The van der Waals surface area contributed by atoms with E-state index in [0.717, 1.165) is 63.2 Å². The van der Waals surface area contributed by atoms with E-state index in [4.69, 9.17) is 16.8 Å². The maximum atomic E-state index is 7.62. The maximum Gasteiger partial charge on any atom is 0 e. The Kier molecular flexibility index (Phi) is 34.6. The van der Waals surface area contributed by atoms with Gasteiger partial charge in [-0.2, -0.15) is 61.8 Å². The molecule has 0 radical (unpaired) electrons. The number of nitrogens with one attached hydrogen (secondary N) is 1. The molecule has 2 atom stereocenters. The first-order valence-corrected chi connectivity index (χ1v) is 15.8. The fourth-order valence-electron chi connectivity index (χ4n) is 3.62. The normalized spacial score (nSPS) is 11.9. The van der Waals surface area contributed by atoms with Crippen molar-refractivity contribution in [3.8, 4) is 0 Å². The molecular weight excluding hydrogens is 697 g/mol. The SMILES string of the molecule is CCN(CC)C([N-]CCCCCN)[N-]C(C)C.CCN(CC)C([NH-])[N-]C(C)C.[CH2-]c1ccccc1.[CH2-]c1ccccc1.[Hf]. The summed E-state index contributed by atoms with van der Waals surface area (Å²) in [5.41, 5.74) is 15.2. The van der Waals surface area contributed by atoms with Crippen molar-refractivity contribution >= 4 is 0 Å². The molecule has 0 bridgehead atoms. The first-order chi connectivity index (χ1) is 20.1. The van der Waals surface area contributed by atoms with Gasteiger partial charge in [-0.05, 0) is 39.1 Å². The maximum absolute atomic E-state index is 7.62. The zero-order valence-corrected chi connectivity index (χ0v) is 32.3. The van der Waals surface area contributed by atoms with E-state index >= 15 is 0 Å². The first kappa shape index (κ1) is 46.2. The van der Waals surface area contributed by atoms with Crippen LogP contribution in [0.4, 0.5) is 0 Å². The minimum absolute atomic E-state index is 0. The molecule has 7 nitrogen and oxygen atoms in total. The molecule has 43 heavy (non-hydrogen) atoms. The fraction of sp³-hybridized carbons (Fsp3) is 0.600. The Hall–Kier alpha value is -1.23. The van der Waals surface area contributed by atoms with Gasteiger partial charge in [-0.15, -0.1) is 42.9 Å². The van der Waals surface area contributed by atoms with Crippen LogP contribution in [0.15, 0.2) is 60.7 Å². The zero-order valence-electron chi connectivity index (χ0n) is 28.7. The van der Waals surface area contributed by atoms with Crippen molar-refractivity contribution in [2.75, 3.05) is 39.3 Å². The number of hydrogen-bond donors (Lipinski definition) is 1. The van der Waals surface area contributed by atoms with Gasteiger partial charge in [0.15, 0.2) is 0 Å². The molecule has 0 saturated heterocycles. The number of rotatable bonds is 16. The standard InChI is InChI=1S/C13H30N4.C8H19N3.2C7H7.Hf/c1-5-17(6-2)13(16-12(3)4)15-11-9-7-8-10-14;1-5-11(6-2)8(9)10-7(3)4;2*1-7-5-3-2-4-6-7;/h12-13H,5-11,14H2,1-4H3;7-9H,5-6H2,1-4H3;2*2-6H,1H2;/q2*-2;2*-1;. The molecule has 0 heterocycles. The van der Waals surface area contributed by atoms with Crippen LogP contribution in [0, 0.1) is 13.8 Å². The zero-order chi connectivity index (χ0) is 32.2. The van der Waals surface area contributed by atoms with Crippen molar-refractivity contribution in [1.29, 1.82) is 0 Å². The van der Waals surface area contributed by atoms with Crippen molar-refractivity contribution in [3.05, 3.63) is 107 Å². The Balaban J connectivity index is -0.000000527. The molecule has 0 amide bonds. The third kappa shape index (κ3) is 29.3. The fourth-order valence-corrected chi connectivity index (χ4v) is 3.62. The molecule has 2 rings (SSSR count). The summed E-state index contributed by atoms with van der Waals surface area (Å²) < 4.78 is 0. The number of nitrogens with zero attached hydrogens (tertiary/aromatic N) is 5. The van der Waals surface area contributed by atoms with E-state index in [1.165, 1.54) is 6.42 Å². The average Bonchev–Trinajstić information content (AvgIpc) is 2.95. The van der Waals surface area contributed by atoms with Gasteiger partial charge in [-0.3, -0.25) is 0 Å². The van der Waals surface area contributed by atoms with E-state index in [1.54, 1.807) is 0 Å². The van der Waals surface area contributed by atoms with Crippen LogP contribution < -0.4 is 5.73 Å². The van der Waals surface area contributed by atoms with Crippen LogP contribution in [0.25, 0.3) is 21.7 Å². The van der Waals surface area contributed by atoms with Gasteiger partial charge >= 0.3 is 0 Å². The Morgan fingerprint density at radius 1 is 0.674 bits per heavy atom. The van der Waals surface area contributed by atoms with Crippen LogP contribution in [0.1, 0.15) is 85.8 Å². The van der Waals surface area contributed by atoms with E-state index in [2.05, 4.69) is 70.9 Å². The summed E-state index contributed by atoms with van der Waals surface area (Å²) in [6, 6.07) is 20.4. The van der Waals surface area contributed by atoms with E-state index in [-0.39, 0.29) is 44.5 Å². The number of benzene rings is 2. The van der Waals surface area contributed by atoms with Crippen molar-refractivity contribution in [3.63, 3.8) is 0 Å². The third-order valence-corrected chi connectivity index (χ3v) is 6.01. The van der Waals surface area contributed by atoms with Crippen molar-refractivity contribution < 1.29 is 25.8 Å². The summed E-state index contributed by atoms with van der Waals surface area (Å²) in [7, 11) is 0. The predicted octanol–water partition coefficient (Wildman–Crippen LogP) is 9.08. The van der Waals surface area contributed by atoms with Crippen molar-refractivity contribution in [2.24, 2.45) is 5.73 Å². The Bertz CT molecular complexity index is 748. The minimum Gasteiger partial charge on any atom is -0.681 e. The van der Waals surface area contributed by atoms with E-state index in [9.17, 15) is 0 Å². The van der Waals surface area contributed by atoms with Gasteiger partial charge in [-0.1, -0.05) is 80.4 Å². The molecule has 2 aromatic carbocycles. The third-order valence-electron chi connectivity index (χ3n) is 6.01. The van der Waals surface area contributed by atoms with E-state index in [0.29, 0.717) is 6.04 Å². The molecule has 0 aliphatic rings. The van der Waals surface area contributed by atoms with Crippen LogP contribution in [0.2, 0.25) is 0 Å². The summed E-state index contributed by atoms with van der Waals surface area (Å²) in [6.45, 7) is 29.6. The summed E-state index contributed by atoms with van der Waals surface area (Å²) in [5.74, 6) is 0. The summed E-state index contributed by atoms with van der Waals surface area (Å²) >= 11 is 0. The predicted molar refractivity (Wildman–Crippen MR) is 188 cm³/mol. The average molecular weight is 760 g/mol. The van der Waals surface area contributed by atoms with Crippen LogP contribution in [-0.2, 0) is 25.8 Å². The van der Waals surface area contributed by atoms with E-state index < -0.39 is 0 Å². The van der Waals surface area contributed by atoms with Gasteiger partial charge in [0.05, 0.1) is 0 Å². The Morgan fingerprint density at radius 2 is 1.09 bits per heavy atom. The van der Waals surface area contributed by atoms with Crippen molar-refractivity contribution in [2.45, 2.75) is 99.3 Å². The molecule has 0 fully saturated rings. The van der Waals surface area contributed by atoms with Gasteiger partial charge in [-0.25, -0.2) is 0 Å². The smallest absolute Gasteiger partial charge is 0 e. The second-order valence-corrected chi connectivity index (χ2v) is 10.4. The molecule has 0 aromatic heterocycles. The van der Waals surface area contributed by atoms with Gasteiger partial charge in [0.25, 0.3) is 0 Å². The van der Waals surface area contributed by atoms with Crippen molar-refractivity contribution in [1.82, 2.24) is 9.80 Å². The summed E-state index contributed by atoms with van der Waals surface area (Å²) in [4.78, 5) is 4.31. The van der Waals surface area contributed by atoms with E-state index in [1.807, 2.05) is 79.4 Å². The number of unbranched alkanes of at least 4 members (excludes halogenated alkanes) is 2. The van der Waals surface area contributed by atoms with Crippen LogP contribution in [-0.4, -0.2) is 73.7 Å². The molecule has 3 N–H and O–H groups in total. The van der Waals surface area contributed by atoms with Gasteiger partial charge in [0.1, 0.15) is 0 Å². The Morgan fingerprint density at radius 3 is 1.40 bits per heavy atom. The Labute approximate surface area is 286 Å². The van der Waals surface area contributed by atoms with Gasteiger partial charge in [0.2, 0.25) is 0 Å². The van der Waals surface area contributed by atoms with Crippen LogP contribution >= 0.6 is 0 Å². The topological polar surface area (TPSA) is 98.6 Å². The largest absolute Gasteiger partial charge is 0.681 e. The second kappa shape index (κ2) is 32.2. The number of nitrogens with two attached hydrogens (primary N) is 1. The molecule has 0 aliphatic heterocycles. The molecule has 0 aliphatic carbocycles. The summed E-state index contributed by atoms with van der Waals surface area (Å²) in [5, 5.41) is 13.6. The van der Waals surface area contributed by atoms with Gasteiger partial charge in [0, 0.05) is 25.8 Å². The quantitative estimate of drug-likeness (QED) is 0.105. The monoisotopic (exact) mass is 761 g/mol. The molecule has 2 aromatic rings. The van der Waals surface area contributed by atoms with Crippen LogP contribution in [0.3, 0.4) is 0 Å². The molecule has 248 valence electrons. The molecular formula is C35H63HfN7-6. The second-order valence-electron chi connectivity index (χ2n) is 10.4. The molecule has 8 heteroatoms. The number of hydrogen-bond acceptors (Lipinski definition) is 3. The molecule has 2 unspecified atom stereocenters. The molecule has 0 spiro atoms. The first-order valence-electron chi connectivity index (χ1n) is 15.8. The van der Waals surface area contributed by atoms with Crippen LogP contribution in [0.5, 0.6) is 0 Å². The van der Waals surface area contributed by atoms with Gasteiger partial charge < -0.3 is 37.2 Å². The molecule has 0 saturated carbocycles. The summed E-state index contributed by atoms with van der Waals surface area (Å²) in [6.07, 6.45) is 3.08.